The highest BCUT2D eigenvalue weighted by Crippen LogP contribution is 2.59. The van der Waals surface area contributed by atoms with E-state index in [1.807, 2.05) is 0 Å². The van der Waals surface area contributed by atoms with Crippen molar-refractivity contribution >= 4 is 0 Å². The molecule has 0 radical (unpaired) electrons. The molecule has 2 unspecified atom stereocenters. The molecule has 3 fully saturated rings. The Kier molecular flexibility index (Phi) is 6.69. The predicted molar refractivity (Wildman–Crippen MR) is 113 cm³/mol. The number of fused-ring (bicyclic) bond motifs is 1. The second-order valence-corrected chi connectivity index (χ2v) is 9.80. The number of hydrogen-bond acceptors (Lipinski definition) is 2. The standard InChI is InChI=1S/C25H40O2/c1-5-6-8-17(2)21-12-13-22-20(9-7-14-25(21,22)4)11-10-19-15-23(26)18(3)24(27)16-19/h10-11,17,21-24,26-27H,3,5-9,12-16H2,1-2,4H3/b20-11+/t17-,21?,22?,23-,24-,25-/m1/s1. The molecule has 152 valence electrons. The Labute approximate surface area is 166 Å². The van der Waals surface area contributed by atoms with Crippen LogP contribution in [0, 0.1) is 23.2 Å². The van der Waals surface area contributed by atoms with Crippen LogP contribution in [0.5, 0.6) is 0 Å². The van der Waals surface area contributed by atoms with Crippen LogP contribution in [-0.2, 0) is 0 Å². The van der Waals surface area contributed by atoms with Gasteiger partial charge >= 0.3 is 0 Å². The number of aliphatic hydroxyl groups excluding tert-OH is 2. The summed E-state index contributed by atoms with van der Waals surface area (Å²) in [5.74, 6) is 2.44. The lowest BCUT2D eigenvalue weighted by Gasteiger charge is -2.44. The van der Waals surface area contributed by atoms with E-state index < -0.39 is 12.2 Å². The van der Waals surface area contributed by atoms with E-state index in [4.69, 9.17) is 0 Å². The summed E-state index contributed by atoms with van der Waals surface area (Å²) in [5, 5.41) is 20.2. The second-order valence-electron chi connectivity index (χ2n) is 9.80. The lowest BCUT2D eigenvalue weighted by molar-refractivity contribution is 0.0934. The largest absolute Gasteiger partial charge is 0.388 e. The van der Waals surface area contributed by atoms with Gasteiger partial charge in [0, 0.05) is 0 Å². The maximum Gasteiger partial charge on any atom is 0.0809 e. The molecule has 0 aromatic carbocycles. The molecule has 3 saturated carbocycles. The smallest absolute Gasteiger partial charge is 0.0809 e. The SMILES string of the molecule is C=C1[C@H](O)CC(=C/C=C2\CCC[C@@]3(C)C2CCC3[C@H](C)CCCC)C[C@H]1O. The second kappa shape index (κ2) is 8.66. The first-order chi connectivity index (χ1) is 12.9. The third-order valence-corrected chi connectivity index (χ3v) is 8.04. The van der Waals surface area contributed by atoms with Crippen molar-refractivity contribution in [2.45, 2.75) is 97.2 Å². The first-order valence-electron chi connectivity index (χ1n) is 11.3. The molecule has 0 aromatic heterocycles. The van der Waals surface area contributed by atoms with Crippen LogP contribution in [0.25, 0.3) is 0 Å². The van der Waals surface area contributed by atoms with Crippen molar-refractivity contribution in [1.29, 1.82) is 0 Å². The van der Waals surface area contributed by atoms with E-state index in [1.165, 1.54) is 51.4 Å². The number of allylic oxidation sites excluding steroid dienone is 3. The van der Waals surface area contributed by atoms with Gasteiger partial charge in [-0.25, -0.2) is 0 Å². The van der Waals surface area contributed by atoms with E-state index in [9.17, 15) is 10.2 Å². The number of aliphatic hydroxyl groups is 2. The Morgan fingerprint density at radius 3 is 2.56 bits per heavy atom. The van der Waals surface area contributed by atoms with E-state index >= 15 is 0 Å². The van der Waals surface area contributed by atoms with Crippen molar-refractivity contribution in [2.24, 2.45) is 23.2 Å². The number of hydrogen-bond donors (Lipinski definition) is 2. The molecule has 0 spiro atoms. The fourth-order valence-corrected chi connectivity index (χ4v) is 6.37. The van der Waals surface area contributed by atoms with E-state index in [2.05, 4.69) is 39.5 Å². The van der Waals surface area contributed by atoms with Gasteiger partial charge in [-0.3, -0.25) is 0 Å². The Balaban J connectivity index is 1.74. The van der Waals surface area contributed by atoms with Crippen LogP contribution in [0.4, 0.5) is 0 Å². The van der Waals surface area contributed by atoms with Crippen LogP contribution in [0.2, 0.25) is 0 Å². The van der Waals surface area contributed by atoms with E-state index in [1.54, 1.807) is 5.57 Å². The Morgan fingerprint density at radius 1 is 1.19 bits per heavy atom. The van der Waals surface area contributed by atoms with Gasteiger partial charge in [0.05, 0.1) is 12.2 Å². The van der Waals surface area contributed by atoms with E-state index in [-0.39, 0.29) is 0 Å². The minimum absolute atomic E-state index is 0.468. The third-order valence-electron chi connectivity index (χ3n) is 8.04. The molecule has 2 nitrogen and oxygen atoms in total. The molecule has 0 saturated heterocycles. The van der Waals surface area contributed by atoms with Crippen molar-refractivity contribution in [1.82, 2.24) is 0 Å². The molecule has 6 atom stereocenters. The predicted octanol–water partition coefficient (Wildman–Crippen LogP) is 5.95. The van der Waals surface area contributed by atoms with Gasteiger partial charge in [0.1, 0.15) is 0 Å². The first-order valence-corrected chi connectivity index (χ1v) is 11.3. The minimum atomic E-state index is -0.592. The molecule has 27 heavy (non-hydrogen) atoms. The zero-order valence-electron chi connectivity index (χ0n) is 17.7. The van der Waals surface area contributed by atoms with Gasteiger partial charge in [-0.2, -0.15) is 0 Å². The van der Waals surface area contributed by atoms with Gasteiger partial charge in [-0.05, 0) is 73.7 Å². The van der Waals surface area contributed by atoms with Crippen molar-refractivity contribution in [3.8, 4) is 0 Å². The summed E-state index contributed by atoms with van der Waals surface area (Å²) < 4.78 is 0. The van der Waals surface area contributed by atoms with Crippen molar-refractivity contribution < 1.29 is 10.2 Å². The van der Waals surface area contributed by atoms with Gasteiger partial charge in [0.15, 0.2) is 0 Å². The summed E-state index contributed by atoms with van der Waals surface area (Å²) in [7, 11) is 0. The third kappa shape index (κ3) is 4.27. The molecule has 0 heterocycles. The van der Waals surface area contributed by atoms with Gasteiger partial charge in [0.25, 0.3) is 0 Å². The molecular weight excluding hydrogens is 332 g/mol. The summed E-state index contributed by atoms with van der Waals surface area (Å²) >= 11 is 0. The number of rotatable bonds is 5. The van der Waals surface area contributed by atoms with Crippen LogP contribution in [0.3, 0.4) is 0 Å². The van der Waals surface area contributed by atoms with Crippen LogP contribution in [0.1, 0.15) is 85.0 Å². The Morgan fingerprint density at radius 2 is 1.89 bits per heavy atom. The Bertz CT molecular complexity index is 585. The summed E-state index contributed by atoms with van der Waals surface area (Å²) in [4.78, 5) is 0. The lowest BCUT2D eigenvalue weighted by atomic mass is 9.60. The molecule has 3 rings (SSSR count). The first kappa shape index (κ1) is 20.9. The van der Waals surface area contributed by atoms with Gasteiger partial charge in [-0.1, -0.05) is 69.9 Å². The van der Waals surface area contributed by atoms with Gasteiger partial charge in [0.2, 0.25) is 0 Å². The molecule has 0 aromatic rings. The summed E-state index contributed by atoms with van der Waals surface area (Å²) in [6.45, 7) is 11.2. The highest BCUT2D eigenvalue weighted by Gasteiger charge is 2.50. The fourth-order valence-electron chi connectivity index (χ4n) is 6.37. The topological polar surface area (TPSA) is 40.5 Å². The van der Waals surface area contributed by atoms with Gasteiger partial charge < -0.3 is 10.2 Å². The van der Waals surface area contributed by atoms with Crippen molar-refractivity contribution in [3.63, 3.8) is 0 Å². The summed E-state index contributed by atoms with van der Waals surface area (Å²) in [5.41, 5.74) is 3.82. The van der Waals surface area contributed by atoms with Crippen LogP contribution in [0.15, 0.2) is 35.5 Å². The zero-order valence-corrected chi connectivity index (χ0v) is 17.7. The summed E-state index contributed by atoms with van der Waals surface area (Å²) in [6.07, 6.45) is 15.3. The molecule has 0 amide bonds. The molecule has 2 heteroatoms. The van der Waals surface area contributed by atoms with Crippen molar-refractivity contribution in [3.05, 3.63) is 35.5 Å². The monoisotopic (exact) mass is 372 g/mol. The fraction of sp³-hybridized carbons (Fsp3) is 0.760. The van der Waals surface area contributed by atoms with E-state index in [0.717, 1.165) is 23.3 Å². The highest BCUT2D eigenvalue weighted by atomic mass is 16.3. The minimum Gasteiger partial charge on any atom is -0.388 e. The quantitative estimate of drug-likeness (QED) is 0.585. The lowest BCUT2D eigenvalue weighted by Crippen LogP contribution is -2.36. The van der Waals surface area contributed by atoms with Crippen molar-refractivity contribution in [2.75, 3.05) is 0 Å². The Hall–Kier alpha value is -0.860. The zero-order chi connectivity index (χ0) is 19.6. The molecule has 2 N–H and O–H groups in total. The maximum atomic E-state index is 10.1. The maximum absolute atomic E-state index is 10.1. The van der Waals surface area contributed by atoms with Crippen LogP contribution >= 0.6 is 0 Å². The highest BCUT2D eigenvalue weighted by molar-refractivity contribution is 5.29. The van der Waals surface area contributed by atoms with E-state index in [0.29, 0.717) is 23.8 Å². The molecule has 0 aliphatic heterocycles. The van der Waals surface area contributed by atoms with Crippen LogP contribution in [-0.4, -0.2) is 22.4 Å². The molecule has 3 aliphatic rings. The molecular formula is C25H40O2. The number of unbranched alkanes of at least 4 members (excludes halogenated alkanes) is 1. The average Bonchev–Trinajstić information content (AvgIpc) is 2.99. The summed E-state index contributed by atoms with van der Waals surface area (Å²) in [6, 6.07) is 0. The van der Waals surface area contributed by atoms with Gasteiger partial charge in [-0.15, -0.1) is 0 Å². The molecule has 0 bridgehead atoms. The van der Waals surface area contributed by atoms with Crippen LogP contribution < -0.4 is 0 Å². The molecule has 3 aliphatic carbocycles. The normalized spacial score (nSPS) is 39.5. The average molecular weight is 373 g/mol.